The van der Waals surface area contributed by atoms with E-state index >= 15 is 0 Å². The summed E-state index contributed by atoms with van der Waals surface area (Å²) in [6.07, 6.45) is 12.2. The maximum atomic E-state index is 11.6. The van der Waals surface area contributed by atoms with Crippen LogP contribution in [-0.2, 0) is 24.4 Å². The molecule has 0 aromatic heterocycles. The monoisotopic (exact) mass is 495 g/mol. The standard InChI is InChI=1S/C20H37NO8S.2Na/c1-2-3-4-5-6-7-8-9-10-11-12-13-18(22)21-14-15-29-19(23)16-17(20(24)25)30(26,27)28;;/h17H,2-16H2,1H3,(H,21,22)(H,24,25)(H,26,27,28);;/q;2*+1/p-2. The van der Waals surface area contributed by atoms with Gasteiger partial charge in [0.2, 0.25) is 0 Å². The summed E-state index contributed by atoms with van der Waals surface area (Å²) in [6, 6.07) is 0. The van der Waals surface area contributed by atoms with Gasteiger partial charge in [-0.25, -0.2) is 0 Å². The molecule has 0 aromatic carbocycles. The van der Waals surface area contributed by atoms with Crippen LogP contribution in [0.1, 0.15) is 90.4 Å². The molecular weight excluding hydrogens is 460 g/mol. The van der Waals surface area contributed by atoms with Gasteiger partial charge in [-0.2, -0.15) is 8.42 Å². The van der Waals surface area contributed by atoms with Gasteiger partial charge < -0.3 is 24.7 Å². The summed E-state index contributed by atoms with van der Waals surface area (Å²) in [6.45, 7) is 1.83. The van der Waals surface area contributed by atoms with Gasteiger partial charge >= 0.3 is 65.1 Å². The molecule has 0 fully saturated rings. The number of ether oxygens (including phenoxy) is 1. The second-order valence-corrected chi connectivity index (χ2v) is 8.91. The topological polar surface area (TPSA) is 156 Å². The third-order valence-corrected chi connectivity index (χ3v) is 5.69. The maximum absolute atomic E-state index is 11.6. The van der Waals surface area contributed by atoms with E-state index in [0.29, 0.717) is 6.42 Å². The molecule has 0 aromatic rings. The van der Waals surface area contributed by atoms with Crippen molar-refractivity contribution in [2.24, 2.45) is 4.99 Å². The number of nitrogens with zero attached hydrogens (tertiary/aromatic N) is 1. The molecule has 0 aliphatic carbocycles. The van der Waals surface area contributed by atoms with Crippen LogP contribution in [-0.4, -0.2) is 49.2 Å². The summed E-state index contributed by atoms with van der Waals surface area (Å²) >= 11 is 0. The van der Waals surface area contributed by atoms with Crippen LogP contribution in [0.3, 0.4) is 0 Å². The molecule has 12 heteroatoms. The Hall–Kier alpha value is 0.320. The molecule has 0 spiro atoms. The minimum atomic E-state index is -4.97. The summed E-state index contributed by atoms with van der Waals surface area (Å²) < 4.78 is 35.0. The van der Waals surface area contributed by atoms with Gasteiger partial charge in [-0.1, -0.05) is 71.1 Å². The van der Waals surface area contributed by atoms with Gasteiger partial charge in [0.15, 0.2) is 0 Å². The number of unbranched alkanes of at least 4 members (excludes halogenated alkanes) is 10. The number of carboxylic acid groups (broad SMARTS) is 1. The van der Waals surface area contributed by atoms with Crippen molar-refractivity contribution < 1.29 is 96.6 Å². The largest absolute Gasteiger partial charge is 1.00 e. The van der Waals surface area contributed by atoms with Crippen LogP contribution >= 0.6 is 0 Å². The molecule has 1 atom stereocenters. The zero-order valence-corrected chi connectivity index (χ0v) is 24.7. The Morgan fingerprint density at radius 1 is 0.906 bits per heavy atom. The Morgan fingerprint density at radius 3 is 1.81 bits per heavy atom. The van der Waals surface area contributed by atoms with E-state index < -0.39 is 33.7 Å². The van der Waals surface area contributed by atoms with Crippen LogP contribution < -0.4 is 69.3 Å². The minimum Gasteiger partial charge on any atom is -0.862 e. The molecule has 1 unspecified atom stereocenters. The number of carboxylic acids is 1. The molecule has 1 N–H and O–H groups in total. The Kier molecular flexibility index (Phi) is 26.6. The minimum absolute atomic E-state index is 0. The van der Waals surface area contributed by atoms with Crippen LogP contribution in [0.15, 0.2) is 4.99 Å². The van der Waals surface area contributed by atoms with Crippen LogP contribution in [0.5, 0.6) is 0 Å². The molecule has 32 heavy (non-hydrogen) atoms. The Bertz CT molecular complexity index is 629. The fourth-order valence-corrected chi connectivity index (χ4v) is 3.46. The molecule has 0 aliphatic rings. The van der Waals surface area contributed by atoms with Gasteiger partial charge in [-0.15, -0.1) is 0 Å². The number of carbonyl (C=O) groups excluding carboxylic acids is 2. The van der Waals surface area contributed by atoms with E-state index in [1.807, 2.05) is 0 Å². The number of rotatable bonds is 19. The smallest absolute Gasteiger partial charge is 0.862 e. The molecule has 0 aliphatic heterocycles. The molecule has 0 saturated heterocycles. The second-order valence-electron chi connectivity index (χ2n) is 7.31. The first-order valence-corrected chi connectivity index (χ1v) is 12.2. The number of hydrogen-bond acceptors (Lipinski definition) is 8. The van der Waals surface area contributed by atoms with E-state index in [1.165, 1.54) is 51.4 Å². The third-order valence-electron chi connectivity index (χ3n) is 4.61. The third kappa shape index (κ3) is 22.1. The average Bonchev–Trinajstić information content (AvgIpc) is 2.66. The predicted molar refractivity (Wildman–Crippen MR) is 109 cm³/mol. The van der Waals surface area contributed by atoms with Crippen LogP contribution in [0.25, 0.3) is 0 Å². The Balaban J connectivity index is -0.00000420. The number of hydrogen-bond donors (Lipinski definition) is 1. The van der Waals surface area contributed by atoms with Gasteiger partial charge in [0.05, 0.1) is 18.9 Å². The molecule has 0 radical (unpaired) electrons. The van der Waals surface area contributed by atoms with Crippen molar-refractivity contribution in [3.05, 3.63) is 0 Å². The molecule has 0 amide bonds. The fourth-order valence-electron chi connectivity index (χ4n) is 2.87. The molecule has 0 saturated carbocycles. The normalized spacial score (nSPS) is 12.4. The van der Waals surface area contributed by atoms with E-state index in [1.54, 1.807) is 0 Å². The fraction of sp³-hybridized carbons (Fsp3) is 0.850. The summed E-state index contributed by atoms with van der Waals surface area (Å²) in [5, 5.41) is 19.9. The van der Waals surface area contributed by atoms with Gasteiger partial charge in [-0.05, 0) is 18.7 Å². The number of aliphatic imine (C=N–C) groups is 1. The molecule has 9 nitrogen and oxygen atoms in total. The molecule has 0 bridgehead atoms. The predicted octanol–water partition coefficient (Wildman–Crippen LogP) is -4.61. The van der Waals surface area contributed by atoms with Gasteiger partial charge in [0.25, 0.3) is 10.1 Å². The van der Waals surface area contributed by atoms with E-state index in [4.69, 9.17) is 4.55 Å². The van der Waals surface area contributed by atoms with Crippen molar-refractivity contribution in [2.75, 3.05) is 13.2 Å². The number of carbonyl (C=O) groups is 2. The average molecular weight is 496 g/mol. The van der Waals surface area contributed by atoms with Crippen LogP contribution in [0, 0.1) is 0 Å². The van der Waals surface area contributed by atoms with E-state index in [-0.39, 0.29) is 78.2 Å². The molecular formula is C20H35NNa2O8S. The van der Waals surface area contributed by atoms with Crippen molar-refractivity contribution in [1.82, 2.24) is 0 Å². The van der Waals surface area contributed by atoms with Gasteiger partial charge in [0.1, 0.15) is 11.9 Å². The van der Waals surface area contributed by atoms with Crippen LogP contribution in [0.2, 0.25) is 0 Å². The van der Waals surface area contributed by atoms with Crippen LogP contribution in [0.4, 0.5) is 0 Å². The van der Waals surface area contributed by atoms with Crippen molar-refractivity contribution in [3.63, 3.8) is 0 Å². The summed E-state index contributed by atoms with van der Waals surface area (Å²) in [4.78, 5) is 25.8. The maximum Gasteiger partial charge on any atom is 1.00 e. The second kappa shape index (κ2) is 23.1. The van der Waals surface area contributed by atoms with Gasteiger partial charge in [-0.3, -0.25) is 9.35 Å². The first-order chi connectivity index (χ1) is 14.2. The van der Waals surface area contributed by atoms with E-state index in [0.717, 1.165) is 19.3 Å². The number of esters is 1. The summed E-state index contributed by atoms with van der Waals surface area (Å²) in [5.41, 5.74) is 0. The van der Waals surface area contributed by atoms with Crippen molar-refractivity contribution >= 4 is 28.0 Å². The van der Waals surface area contributed by atoms with Crippen molar-refractivity contribution in [2.45, 2.75) is 95.6 Å². The Labute approximate surface area is 236 Å². The van der Waals surface area contributed by atoms with Crippen molar-refractivity contribution in [1.29, 1.82) is 0 Å². The Morgan fingerprint density at radius 2 is 1.38 bits per heavy atom. The molecule has 0 rings (SSSR count). The quantitative estimate of drug-likeness (QED) is 0.0469. The summed E-state index contributed by atoms with van der Waals surface area (Å²) in [5.74, 6) is -3.54. The molecule has 176 valence electrons. The van der Waals surface area contributed by atoms with Crippen molar-refractivity contribution in [3.8, 4) is 0 Å². The first kappa shape index (κ1) is 36.9. The SMILES string of the molecule is CCCCCCCCCCCCCC([O-])=NCCOC(=O)CC(C(=O)[O-])S(=O)(=O)O.[Na+].[Na+]. The van der Waals surface area contributed by atoms with E-state index in [9.17, 15) is 28.2 Å². The van der Waals surface area contributed by atoms with Gasteiger partial charge in [0, 0.05) is 0 Å². The molecule has 0 heterocycles. The first-order valence-electron chi connectivity index (χ1n) is 10.7. The summed E-state index contributed by atoms with van der Waals surface area (Å²) in [7, 11) is -4.97. The zero-order chi connectivity index (χ0) is 22.8. The van der Waals surface area contributed by atoms with E-state index in [2.05, 4.69) is 16.7 Å². The zero-order valence-electron chi connectivity index (χ0n) is 19.8. The number of aliphatic carboxylic acids is 1.